The van der Waals surface area contributed by atoms with Gasteiger partial charge in [-0.1, -0.05) is 17.3 Å². The number of carbonyl (C=O) groups is 5. The van der Waals surface area contributed by atoms with Crippen molar-refractivity contribution < 1.29 is 43.7 Å². The molecule has 15 heteroatoms. The summed E-state index contributed by atoms with van der Waals surface area (Å²) in [6, 6.07) is 2.35. The predicted octanol–water partition coefficient (Wildman–Crippen LogP) is 1.21. The van der Waals surface area contributed by atoms with Crippen LogP contribution < -0.4 is 16.0 Å². The Morgan fingerprint density at radius 3 is 2.21 bits per heavy atom. The van der Waals surface area contributed by atoms with Crippen LogP contribution in [0, 0.1) is 0 Å². The molecule has 39 heavy (non-hydrogen) atoms. The molecular weight excluding hydrogens is 519 g/mol. The van der Waals surface area contributed by atoms with Crippen LogP contribution in [0.3, 0.4) is 0 Å². The summed E-state index contributed by atoms with van der Waals surface area (Å²) in [6.45, 7) is 0.0493. The van der Waals surface area contributed by atoms with Crippen LogP contribution in [0.25, 0.3) is 0 Å². The summed E-state index contributed by atoms with van der Waals surface area (Å²) in [7, 11) is 0. The number of aliphatic carboxylic acids is 3. The number of nitrogens with zero attached hydrogens (tertiary/aromatic N) is 3. The first-order valence-electron chi connectivity index (χ1n) is 12.2. The van der Waals surface area contributed by atoms with Crippen molar-refractivity contribution in [1.82, 2.24) is 25.6 Å². The number of nitrogens with one attached hydrogen (secondary N) is 3. The average molecular weight is 551 g/mol. The van der Waals surface area contributed by atoms with Crippen molar-refractivity contribution in [2.24, 2.45) is 0 Å². The minimum Gasteiger partial charge on any atom is -0.481 e. The number of carboxylic acids is 3. The van der Waals surface area contributed by atoms with Gasteiger partial charge in [0.05, 0.1) is 12.4 Å². The molecule has 0 fully saturated rings. The zero-order valence-electron chi connectivity index (χ0n) is 21.0. The normalized spacial score (nSPS) is 12.2. The summed E-state index contributed by atoms with van der Waals surface area (Å²) in [4.78, 5) is 57.9. The predicted molar refractivity (Wildman–Crippen MR) is 134 cm³/mol. The molecule has 212 valence electrons. The fraction of sp³-hybridized carbons (Fsp3) is 0.458. The van der Waals surface area contributed by atoms with E-state index in [9.17, 15) is 33.5 Å². The van der Waals surface area contributed by atoms with Gasteiger partial charge in [0.2, 0.25) is 5.91 Å². The van der Waals surface area contributed by atoms with E-state index in [2.05, 4.69) is 26.3 Å². The standard InChI is InChI=1S/C24H31FN6O8/c25-11-1-3-17-14-31(30-29-17)12-2-4-20(32)26-16-7-5-15(6-8-16)13-19(23(37)38)28-24(39)27-18(22(35)36)9-10-21(33)34/h5-8,14,18-19H,1-4,9-13H2,(H,26,32)(H,33,34)(H,35,36)(H,37,38)(H2,27,28,39). The summed E-state index contributed by atoms with van der Waals surface area (Å²) in [5, 5.41) is 42.1. The zero-order valence-corrected chi connectivity index (χ0v) is 21.0. The second-order valence-corrected chi connectivity index (χ2v) is 8.65. The molecule has 0 spiro atoms. The number of hydrogen-bond donors (Lipinski definition) is 6. The molecule has 1 heterocycles. The van der Waals surface area contributed by atoms with Gasteiger partial charge in [0.1, 0.15) is 12.1 Å². The first-order valence-corrected chi connectivity index (χ1v) is 12.2. The van der Waals surface area contributed by atoms with Crippen molar-refractivity contribution in [3.8, 4) is 0 Å². The van der Waals surface area contributed by atoms with Crippen LogP contribution in [-0.4, -0.2) is 78.9 Å². The number of halogens is 1. The van der Waals surface area contributed by atoms with Crippen molar-refractivity contribution in [3.05, 3.63) is 41.7 Å². The quantitative estimate of drug-likeness (QED) is 0.166. The van der Waals surface area contributed by atoms with Gasteiger partial charge in [-0.05, 0) is 43.4 Å². The Morgan fingerprint density at radius 1 is 0.923 bits per heavy atom. The zero-order chi connectivity index (χ0) is 28.8. The van der Waals surface area contributed by atoms with E-state index in [1.54, 1.807) is 35.1 Å². The van der Waals surface area contributed by atoms with Gasteiger partial charge in [-0.2, -0.15) is 0 Å². The Bertz CT molecular complexity index is 1140. The highest BCUT2D eigenvalue weighted by Crippen LogP contribution is 2.13. The highest BCUT2D eigenvalue weighted by atomic mass is 19.1. The topological polar surface area (TPSA) is 213 Å². The van der Waals surface area contributed by atoms with Crippen LogP contribution in [0.4, 0.5) is 14.9 Å². The second-order valence-electron chi connectivity index (χ2n) is 8.65. The molecule has 0 aliphatic rings. The fourth-order valence-corrected chi connectivity index (χ4v) is 3.48. The van der Waals surface area contributed by atoms with E-state index in [-0.39, 0.29) is 25.2 Å². The first-order chi connectivity index (χ1) is 18.6. The Hall–Kier alpha value is -4.56. The lowest BCUT2D eigenvalue weighted by molar-refractivity contribution is -0.140. The lowest BCUT2D eigenvalue weighted by Crippen LogP contribution is -2.51. The average Bonchev–Trinajstić information content (AvgIpc) is 3.33. The van der Waals surface area contributed by atoms with E-state index in [4.69, 9.17) is 10.2 Å². The van der Waals surface area contributed by atoms with Crippen LogP contribution in [0.15, 0.2) is 30.5 Å². The molecule has 0 radical (unpaired) electrons. The van der Waals surface area contributed by atoms with Crippen molar-refractivity contribution in [1.29, 1.82) is 0 Å². The fourth-order valence-electron chi connectivity index (χ4n) is 3.48. The van der Waals surface area contributed by atoms with Crippen LogP contribution in [0.2, 0.25) is 0 Å². The Balaban J connectivity index is 1.82. The van der Waals surface area contributed by atoms with Gasteiger partial charge in [0.25, 0.3) is 0 Å². The van der Waals surface area contributed by atoms with Crippen molar-refractivity contribution in [2.45, 2.75) is 63.6 Å². The number of benzene rings is 1. The summed E-state index contributed by atoms with van der Waals surface area (Å²) < 4.78 is 13.8. The number of rotatable bonds is 17. The maximum Gasteiger partial charge on any atom is 0.326 e. The third-order valence-corrected chi connectivity index (χ3v) is 5.47. The summed E-state index contributed by atoms with van der Waals surface area (Å²) >= 11 is 0. The van der Waals surface area contributed by atoms with Gasteiger partial charge in [-0.25, -0.2) is 14.4 Å². The van der Waals surface area contributed by atoms with E-state index < -0.39 is 49.1 Å². The number of urea groups is 1. The summed E-state index contributed by atoms with van der Waals surface area (Å²) in [5.74, 6) is -4.28. The van der Waals surface area contributed by atoms with Crippen molar-refractivity contribution in [3.63, 3.8) is 0 Å². The minimum atomic E-state index is -1.50. The smallest absolute Gasteiger partial charge is 0.326 e. The Kier molecular flexibility index (Phi) is 12.3. The molecule has 2 aromatic rings. The van der Waals surface area contributed by atoms with E-state index in [1.165, 1.54) is 0 Å². The monoisotopic (exact) mass is 550 g/mol. The molecule has 2 rings (SSSR count). The van der Waals surface area contributed by atoms with Crippen LogP contribution >= 0.6 is 0 Å². The molecule has 2 atom stereocenters. The Labute approximate surface area is 222 Å². The van der Waals surface area contributed by atoms with Crippen molar-refractivity contribution >= 4 is 35.5 Å². The lowest BCUT2D eigenvalue weighted by atomic mass is 10.1. The molecule has 0 bridgehead atoms. The molecule has 0 aliphatic carbocycles. The number of amides is 3. The van der Waals surface area contributed by atoms with Gasteiger partial charge in [-0.15, -0.1) is 5.10 Å². The van der Waals surface area contributed by atoms with Crippen LogP contribution in [0.1, 0.15) is 43.4 Å². The van der Waals surface area contributed by atoms with Crippen LogP contribution in [0.5, 0.6) is 0 Å². The SMILES string of the molecule is O=C(O)CCC(NC(=O)NC(Cc1ccc(NC(=O)CCCn2cc(CCCF)nn2)cc1)C(=O)O)C(=O)O. The molecular formula is C24H31FN6O8. The molecule has 0 saturated heterocycles. The third-order valence-electron chi connectivity index (χ3n) is 5.47. The Morgan fingerprint density at radius 2 is 1.59 bits per heavy atom. The molecule has 3 amide bonds. The number of alkyl halides is 1. The van der Waals surface area contributed by atoms with E-state index in [1.807, 2.05) is 0 Å². The van der Waals surface area contributed by atoms with Gasteiger partial charge >= 0.3 is 23.9 Å². The first kappa shape index (κ1) is 30.7. The number of carbonyl (C=O) groups excluding carboxylic acids is 2. The highest BCUT2D eigenvalue weighted by Gasteiger charge is 2.25. The van der Waals surface area contributed by atoms with Gasteiger partial charge in [0, 0.05) is 37.7 Å². The lowest BCUT2D eigenvalue weighted by Gasteiger charge is -2.18. The third kappa shape index (κ3) is 11.6. The number of anilines is 1. The van der Waals surface area contributed by atoms with Crippen LogP contribution in [-0.2, 0) is 38.6 Å². The van der Waals surface area contributed by atoms with E-state index in [0.717, 1.165) is 0 Å². The molecule has 0 aliphatic heterocycles. The summed E-state index contributed by atoms with van der Waals surface area (Å²) in [5.41, 5.74) is 1.70. The summed E-state index contributed by atoms with van der Waals surface area (Å²) in [6.07, 6.45) is 2.33. The molecule has 2 unspecified atom stereocenters. The molecule has 1 aromatic carbocycles. The molecule has 6 N–H and O–H groups in total. The molecule has 14 nitrogen and oxygen atoms in total. The molecule has 0 saturated carbocycles. The largest absolute Gasteiger partial charge is 0.481 e. The maximum atomic E-state index is 12.2. The van der Waals surface area contributed by atoms with Gasteiger partial charge < -0.3 is 31.3 Å². The van der Waals surface area contributed by atoms with E-state index >= 15 is 0 Å². The number of aryl methyl sites for hydroxylation is 2. The number of hydrogen-bond acceptors (Lipinski definition) is 7. The number of aromatic nitrogens is 3. The number of carboxylic acid groups (broad SMARTS) is 3. The minimum absolute atomic E-state index is 0.130. The van der Waals surface area contributed by atoms with Gasteiger partial charge in [0.15, 0.2) is 0 Å². The van der Waals surface area contributed by atoms with Gasteiger partial charge in [-0.3, -0.25) is 18.7 Å². The van der Waals surface area contributed by atoms with Crippen molar-refractivity contribution in [2.75, 3.05) is 12.0 Å². The highest BCUT2D eigenvalue weighted by molar-refractivity contribution is 5.90. The van der Waals surface area contributed by atoms with E-state index in [0.29, 0.717) is 42.8 Å². The molecule has 1 aromatic heterocycles. The second kappa shape index (κ2) is 15.6. The maximum absolute atomic E-state index is 12.2.